The highest BCUT2D eigenvalue weighted by atomic mass is 35.5. The first kappa shape index (κ1) is 27.0. The van der Waals surface area contributed by atoms with Gasteiger partial charge >= 0.3 is 12.1 Å². The lowest BCUT2D eigenvalue weighted by atomic mass is 10.0. The molecule has 11 heteroatoms. The van der Waals surface area contributed by atoms with Crippen LogP contribution in [0.3, 0.4) is 0 Å². The molecule has 0 radical (unpaired) electrons. The van der Waals surface area contributed by atoms with Gasteiger partial charge in [-0.25, -0.2) is 4.79 Å². The second-order valence-electron chi connectivity index (χ2n) is 8.91. The molecule has 0 bridgehead atoms. The zero-order valence-corrected chi connectivity index (χ0v) is 20.9. The molecule has 198 valence electrons. The topological polar surface area (TPSA) is 83.7 Å². The van der Waals surface area contributed by atoms with Crippen molar-refractivity contribution in [2.45, 2.75) is 31.7 Å². The third-order valence-corrected chi connectivity index (χ3v) is 6.44. The second-order valence-corrected chi connectivity index (χ2v) is 9.34. The van der Waals surface area contributed by atoms with Crippen molar-refractivity contribution in [3.05, 3.63) is 70.4 Å². The van der Waals surface area contributed by atoms with E-state index < -0.39 is 18.2 Å². The quantitative estimate of drug-likeness (QED) is 0.408. The summed E-state index contributed by atoms with van der Waals surface area (Å²) in [5.74, 6) is -2.33. The number of alkyl halides is 3. The molecule has 2 aromatic carbocycles. The number of hydrogen-bond donors (Lipinski definition) is 2. The van der Waals surface area contributed by atoms with E-state index in [4.69, 9.17) is 21.1 Å². The van der Waals surface area contributed by atoms with Crippen molar-refractivity contribution in [2.24, 2.45) is 0 Å². The van der Waals surface area contributed by atoms with Crippen molar-refractivity contribution in [1.82, 2.24) is 15.2 Å². The maximum absolute atomic E-state index is 13.0. The number of halogens is 4. The number of rotatable bonds is 8. The number of aromatic amines is 1. The summed E-state index contributed by atoms with van der Waals surface area (Å²) in [4.78, 5) is 29.6. The van der Waals surface area contributed by atoms with Crippen molar-refractivity contribution >= 4 is 34.4 Å². The molecule has 2 N–H and O–H groups in total. The highest BCUT2D eigenvalue weighted by Crippen LogP contribution is 2.27. The van der Waals surface area contributed by atoms with Gasteiger partial charge in [0.15, 0.2) is 0 Å². The van der Waals surface area contributed by atoms with E-state index in [0.717, 1.165) is 16.5 Å². The lowest BCUT2D eigenvalue weighted by Gasteiger charge is -2.27. The molecule has 2 atom stereocenters. The van der Waals surface area contributed by atoms with Gasteiger partial charge in [-0.2, -0.15) is 13.2 Å². The molecule has 0 unspecified atom stereocenters. The average molecular weight is 538 g/mol. The number of fused-ring (bicyclic) bond motifs is 1. The maximum Gasteiger partial charge on any atom is 0.490 e. The summed E-state index contributed by atoms with van der Waals surface area (Å²) in [5, 5.41) is 4.37. The number of H-pyrrole nitrogens is 1. The minimum absolute atomic E-state index is 0.0492. The van der Waals surface area contributed by atoms with Gasteiger partial charge in [0.1, 0.15) is 6.10 Å². The molecule has 2 heterocycles. The number of amides is 1. The Kier molecular flexibility index (Phi) is 8.41. The van der Waals surface area contributed by atoms with Crippen molar-refractivity contribution in [3.8, 4) is 0 Å². The number of hydrogen-bond acceptors (Lipinski definition) is 5. The summed E-state index contributed by atoms with van der Waals surface area (Å²) in [6, 6.07) is 11.5. The van der Waals surface area contributed by atoms with Crippen LogP contribution >= 0.6 is 11.6 Å². The van der Waals surface area contributed by atoms with Gasteiger partial charge in [0.05, 0.1) is 24.3 Å². The van der Waals surface area contributed by atoms with Crippen LogP contribution in [0, 0.1) is 0 Å². The van der Waals surface area contributed by atoms with Gasteiger partial charge in [0, 0.05) is 42.3 Å². The van der Waals surface area contributed by atoms with Crippen molar-refractivity contribution in [2.75, 3.05) is 32.8 Å². The van der Waals surface area contributed by atoms with Crippen molar-refractivity contribution < 1.29 is 32.2 Å². The summed E-state index contributed by atoms with van der Waals surface area (Å²) in [7, 11) is 0. The van der Waals surface area contributed by atoms with Gasteiger partial charge in [0.25, 0.3) is 5.91 Å². The smallest absolute Gasteiger partial charge is 0.449 e. The van der Waals surface area contributed by atoms with Gasteiger partial charge in [-0.15, -0.1) is 0 Å². The summed E-state index contributed by atoms with van der Waals surface area (Å²) in [5.41, 5.74) is 2.60. The van der Waals surface area contributed by atoms with Gasteiger partial charge in [0.2, 0.25) is 0 Å². The average Bonchev–Trinajstić information content (AvgIpc) is 3.28. The molecule has 1 fully saturated rings. The molecule has 1 aliphatic heterocycles. The minimum Gasteiger partial charge on any atom is -0.449 e. The van der Waals surface area contributed by atoms with Crippen LogP contribution in [0.15, 0.2) is 48.7 Å². The van der Waals surface area contributed by atoms with Crippen LogP contribution < -0.4 is 5.32 Å². The van der Waals surface area contributed by atoms with Crippen LogP contribution in [0.25, 0.3) is 10.9 Å². The summed E-state index contributed by atoms with van der Waals surface area (Å²) in [6.45, 7) is 3.92. The molecule has 0 aliphatic carbocycles. The number of carbonyl (C=O) groups is 2. The van der Waals surface area contributed by atoms with Gasteiger partial charge in [-0.1, -0.05) is 35.9 Å². The Bertz CT molecular complexity index is 1260. The van der Waals surface area contributed by atoms with E-state index >= 15 is 0 Å². The van der Waals surface area contributed by atoms with Crippen LogP contribution in [0.5, 0.6) is 0 Å². The lowest BCUT2D eigenvalue weighted by Crippen LogP contribution is -2.40. The zero-order valence-electron chi connectivity index (χ0n) is 20.1. The Morgan fingerprint density at radius 3 is 2.62 bits per heavy atom. The molecule has 0 spiro atoms. The van der Waals surface area contributed by atoms with E-state index in [1.165, 1.54) is 6.07 Å². The van der Waals surface area contributed by atoms with Crippen molar-refractivity contribution in [1.29, 1.82) is 0 Å². The predicted molar refractivity (Wildman–Crippen MR) is 133 cm³/mol. The summed E-state index contributed by atoms with van der Waals surface area (Å²) in [6.07, 6.45) is -3.94. The normalized spacial score (nSPS) is 16.0. The number of esters is 1. The van der Waals surface area contributed by atoms with Gasteiger partial charge in [-0.05, 0) is 42.7 Å². The Labute approximate surface area is 216 Å². The maximum atomic E-state index is 13.0. The Balaban J connectivity index is 1.46. The molecule has 37 heavy (non-hydrogen) atoms. The SMILES string of the molecule is C[C@H](Cc1c[nH]c2c(C(=O)N3CCOCC3)cccc12)NC[C@@H](OC(=O)C(F)(F)F)c1cccc(Cl)c1. The largest absolute Gasteiger partial charge is 0.490 e. The van der Waals surface area contributed by atoms with Crippen LogP contribution in [0.2, 0.25) is 5.02 Å². The van der Waals surface area contributed by atoms with Crippen LogP contribution in [-0.4, -0.2) is 66.8 Å². The number of morpholine rings is 1. The molecule has 4 rings (SSSR count). The number of para-hydroxylation sites is 1. The van der Waals surface area contributed by atoms with Crippen LogP contribution in [0.4, 0.5) is 13.2 Å². The van der Waals surface area contributed by atoms with Gasteiger partial charge in [-0.3, -0.25) is 4.79 Å². The first-order valence-electron chi connectivity index (χ1n) is 11.9. The number of nitrogens with one attached hydrogen (secondary N) is 2. The highest BCUT2D eigenvalue weighted by Gasteiger charge is 2.42. The Hall–Kier alpha value is -3.08. The summed E-state index contributed by atoms with van der Waals surface area (Å²) < 4.78 is 48.7. The third-order valence-electron chi connectivity index (χ3n) is 6.21. The second kappa shape index (κ2) is 11.5. The molecule has 1 aromatic heterocycles. The standard InChI is InChI=1S/C26H27ClF3N3O4/c1-16(31-15-22(37-25(35)26(28,29)30)17-4-2-5-19(27)13-17)12-18-14-32-23-20(18)6-3-7-21(23)24(34)33-8-10-36-11-9-33/h2-7,13-14,16,22,31-32H,8-12,15H2,1H3/t16-,22-/m1/s1. The highest BCUT2D eigenvalue weighted by molar-refractivity contribution is 6.30. The molecular formula is C26H27ClF3N3O4. The first-order valence-corrected chi connectivity index (χ1v) is 12.2. The number of benzene rings is 2. The minimum atomic E-state index is -5.11. The fourth-order valence-corrected chi connectivity index (χ4v) is 4.54. The third kappa shape index (κ3) is 6.63. The molecule has 0 saturated carbocycles. The summed E-state index contributed by atoms with van der Waals surface area (Å²) >= 11 is 5.99. The fourth-order valence-electron chi connectivity index (χ4n) is 4.34. The monoisotopic (exact) mass is 537 g/mol. The number of carbonyl (C=O) groups excluding carboxylic acids is 2. The molecular weight excluding hydrogens is 511 g/mol. The number of nitrogens with zero attached hydrogens (tertiary/aromatic N) is 1. The van der Waals surface area contributed by atoms with Crippen molar-refractivity contribution in [3.63, 3.8) is 0 Å². The van der Waals surface area contributed by atoms with E-state index in [1.807, 2.05) is 25.3 Å². The Morgan fingerprint density at radius 2 is 1.92 bits per heavy atom. The fraction of sp³-hybridized carbons (Fsp3) is 0.385. The van der Waals surface area contributed by atoms with Crippen LogP contribution in [0.1, 0.15) is 34.5 Å². The van der Waals surface area contributed by atoms with E-state index in [1.54, 1.807) is 29.2 Å². The van der Waals surface area contributed by atoms with Crippen LogP contribution in [-0.2, 0) is 20.7 Å². The van der Waals surface area contributed by atoms with Gasteiger partial charge < -0.3 is 24.7 Å². The number of aromatic nitrogens is 1. The first-order chi connectivity index (χ1) is 17.6. The van der Waals surface area contributed by atoms with E-state index in [2.05, 4.69) is 10.3 Å². The molecule has 1 saturated heterocycles. The number of ether oxygens (including phenoxy) is 2. The van der Waals surface area contributed by atoms with E-state index in [0.29, 0.717) is 48.9 Å². The lowest BCUT2D eigenvalue weighted by molar-refractivity contribution is -0.205. The molecule has 3 aromatic rings. The van der Waals surface area contributed by atoms with E-state index in [9.17, 15) is 22.8 Å². The van der Waals surface area contributed by atoms with E-state index in [-0.39, 0.29) is 18.5 Å². The zero-order chi connectivity index (χ0) is 26.6. The molecule has 7 nitrogen and oxygen atoms in total. The predicted octanol–water partition coefficient (Wildman–Crippen LogP) is 4.66. The Morgan fingerprint density at radius 1 is 1.19 bits per heavy atom. The molecule has 1 aliphatic rings. The molecule has 1 amide bonds.